The first-order chi connectivity index (χ1) is 9.21. The summed E-state index contributed by atoms with van der Waals surface area (Å²) in [4.78, 5) is 0. The molecule has 2 aliphatic carbocycles. The first-order valence-corrected chi connectivity index (χ1v) is 11.1. The highest BCUT2D eigenvalue weighted by Gasteiger charge is 2.24. The number of halogens is 1. The zero-order valence-electron chi connectivity index (χ0n) is 11.6. The molecule has 2 N–H and O–H groups in total. The monoisotopic (exact) mass is 345 g/mol. The molecule has 2 rings (SSSR count). The summed E-state index contributed by atoms with van der Waals surface area (Å²) < 4.78 is 43.0. The third kappa shape index (κ3) is 6.74. The van der Waals surface area contributed by atoms with Crippen LogP contribution in [0, 0.1) is 0 Å². The highest BCUT2D eigenvalue weighted by Crippen LogP contribution is 2.25. The van der Waals surface area contributed by atoms with Crippen molar-refractivity contribution in [2.24, 2.45) is 5.14 Å². The fraction of sp³-hybridized carbons (Fsp3) is 1.00. The van der Waals surface area contributed by atoms with Gasteiger partial charge in [-0.05, 0) is 25.7 Å². The fourth-order valence-corrected chi connectivity index (χ4v) is 5.16. The van der Waals surface area contributed by atoms with Crippen molar-refractivity contribution in [3.63, 3.8) is 0 Å². The maximum absolute atomic E-state index is 10.8. The van der Waals surface area contributed by atoms with Gasteiger partial charge >= 0.3 is 0 Å². The van der Waals surface area contributed by atoms with E-state index in [1.165, 1.54) is 0 Å². The van der Waals surface area contributed by atoms with E-state index >= 15 is 0 Å². The van der Waals surface area contributed by atoms with Gasteiger partial charge in [-0.1, -0.05) is 38.5 Å². The average Bonchev–Trinajstić information content (AvgIpc) is 2.40. The Morgan fingerprint density at radius 1 is 0.700 bits per heavy atom. The van der Waals surface area contributed by atoms with Gasteiger partial charge in [-0.3, -0.25) is 0 Å². The molecule has 2 aliphatic rings. The van der Waals surface area contributed by atoms with E-state index in [2.05, 4.69) is 0 Å². The lowest BCUT2D eigenvalue weighted by atomic mass is 10.0. The molecule has 0 heterocycles. The van der Waals surface area contributed by atoms with E-state index in [0.717, 1.165) is 64.2 Å². The lowest BCUT2D eigenvalue weighted by Gasteiger charge is -2.18. The molecule has 0 atom stereocenters. The van der Waals surface area contributed by atoms with E-state index < -0.39 is 19.1 Å². The van der Waals surface area contributed by atoms with Gasteiger partial charge in [0.25, 0.3) is 0 Å². The molecule has 0 bridgehead atoms. The Bertz CT molecular complexity index is 432. The van der Waals surface area contributed by atoms with Gasteiger partial charge in [-0.2, -0.15) is 0 Å². The van der Waals surface area contributed by atoms with Crippen molar-refractivity contribution < 1.29 is 16.8 Å². The summed E-state index contributed by atoms with van der Waals surface area (Å²) in [5.41, 5.74) is 0. The second-order valence-corrected chi connectivity index (χ2v) is 10.3. The van der Waals surface area contributed by atoms with Gasteiger partial charge in [-0.25, -0.2) is 22.0 Å². The normalized spacial score (nSPS) is 22.9. The Labute approximate surface area is 126 Å². The number of hydrogen-bond donors (Lipinski definition) is 1. The van der Waals surface area contributed by atoms with Crippen molar-refractivity contribution in [2.75, 3.05) is 0 Å². The van der Waals surface area contributed by atoms with Crippen molar-refractivity contribution in [3.05, 3.63) is 0 Å². The molecule has 0 aromatic carbocycles. The molecule has 0 aliphatic heterocycles. The molecule has 2 fully saturated rings. The molecule has 0 amide bonds. The van der Waals surface area contributed by atoms with E-state index in [0.29, 0.717) is 0 Å². The molecule has 0 unspecified atom stereocenters. The third-order valence-corrected chi connectivity index (χ3v) is 7.39. The molecule has 0 saturated heterocycles. The third-order valence-electron chi connectivity index (χ3n) is 3.97. The second-order valence-electron chi connectivity index (χ2n) is 5.58. The van der Waals surface area contributed by atoms with E-state index in [-0.39, 0.29) is 10.5 Å². The summed E-state index contributed by atoms with van der Waals surface area (Å²) in [5.74, 6) is 0. The van der Waals surface area contributed by atoms with E-state index in [1.54, 1.807) is 0 Å². The fourth-order valence-electron chi connectivity index (χ4n) is 2.74. The van der Waals surface area contributed by atoms with E-state index in [9.17, 15) is 16.8 Å². The molecule has 8 heteroatoms. The standard InChI is InChI=1S/C6H11ClO2S.C6H13NO2S/c2*7-10(8,9)6-4-2-1-3-5-6/h6H,1-5H2;6H,1-5H2,(H2,7,8,9). The number of sulfonamides is 1. The number of rotatable bonds is 2. The Balaban J connectivity index is 0.000000200. The van der Waals surface area contributed by atoms with Crippen LogP contribution in [-0.2, 0) is 19.1 Å². The van der Waals surface area contributed by atoms with Gasteiger partial charge in [-0.15, -0.1) is 0 Å². The number of nitrogens with two attached hydrogens (primary N) is 1. The van der Waals surface area contributed by atoms with Crippen molar-refractivity contribution >= 4 is 29.8 Å². The predicted molar refractivity (Wildman–Crippen MR) is 81.6 cm³/mol. The van der Waals surface area contributed by atoms with E-state index in [4.69, 9.17) is 15.8 Å². The van der Waals surface area contributed by atoms with Crippen LogP contribution < -0.4 is 5.14 Å². The van der Waals surface area contributed by atoms with E-state index in [1.807, 2.05) is 0 Å². The van der Waals surface area contributed by atoms with Crippen LogP contribution in [0.15, 0.2) is 0 Å². The molecule has 5 nitrogen and oxygen atoms in total. The smallest absolute Gasteiger partial charge is 0.228 e. The van der Waals surface area contributed by atoms with Crippen LogP contribution in [0.25, 0.3) is 0 Å². The quantitative estimate of drug-likeness (QED) is 0.778. The lowest BCUT2D eigenvalue weighted by Crippen LogP contribution is -2.30. The van der Waals surface area contributed by atoms with Gasteiger partial charge in [0.1, 0.15) is 0 Å². The molecular weight excluding hydrogens is 322 g/mol. The van der Waals surface area contributed by atoms with Crippen molar-refractivity contribution in [1.29, 1.82) is 0 Å². The largest absolute Gasteiger partial charge is 0.235 e. The molecule has 0 aromatic rings. The molecule has 0 radical (unpaired) electrons. The molecule has 2 saturated carbocycles. The zero-order chi connectivity index (χ0) is 15.2. The van der Waals surface area contributed by atoms with Gasteiger partial charge in [0.15, 0.2) is 0 Å². The minimum Gasteiger partial charge on any atom is -0.228 e. The number of hydrogen-bond acceptors (Lipinski definition) is 4. The molecule has 20 heavy (non-hydrogen) atoms. The molecule has 120 valence electrons. The van der Waals surface area contributed by atoms with Crippen molar-refractivity contribution in [3.8, 4) is 0 Å². The average molecular weight is 346 g/mol. The summed E-state index contributed by atoms with van der Waals surface area (Å²) >= 11 is 0. The topological polar surface area (TPSA) is 94.3 Å². The lowest BCUT2D eigenvalue weighted by molar-refractivity contribution is 0.484. The van der Waals surface area contributed by atoms with Crippen LogP contribution in [-0.4, -0.2) is 27.3 Å². The highest BCUT2D eigenvalue weighted by atomic mass is 35.7. The summed E-state index contributed by atoms with van der Waals surface area (Å²) in [6.07, 6.45) is 9.40. The SMILES string of the molecule is NS(=O)(=O)C1CCCCC1.O=S(=O)(Cl)C1CCCCC1. The van der Waals surface area contributed by atoms with Crippen molar-refractivity contribution in [1.82, 2.24) is 0 Å². The Kier molecular flexibility index (Phi) is 7.24. The summed E-state index contributed by atoms with van der Waals surface area (Å²) in [6.45, 7) is 0. The minimum absolute atomic E-state index is 0.249. The molecular formula is C12H24ClNO4S2. The van der Waals surface area contributed by atoms with Crippen LogP contribution in [0.3, 0.4) is 0 Å². The first-order valence-electron chi connectivity index (χ1n) is 7.16. The van der Waals surface area contributed by atoms with Gasteiger partial charge in [0.2, 0.25) is 19.1 Å². The molecule has 0 aromatic heterocycles. The summed E-state index contributed by atoms with van der Waals surface area (Å²) in [5, 5.41) is 4.47. The minimum atomic E-state index is -3.25. The Morgan fingerprint density at radius 2 is 1.05 bits per heavy atom. The summed E-state index contributed by atoms with van der Waals surface area (Å²) in [7, 11) is -1.30. The zero-order valence-corrected chi connectivity index (χ0v) is 14.0. The Morgan fingerprint density at radius 3 is 1.25 bits per heavy atom. The van der Waals surface area contributed by atoms with Crippen LogP contribution >= 0.6 is 10.7 Å². The van der Waals surface area contributed by atoms with Crippen molar-refractivity contribution in [2.45, 2.75) is 74.7 Å². The van der Waals surface area contributed by atoms with Crippen LogP contribution in [0.2, 0.25) is 0 Å². The maximum atomic E-state index is 10.8. The molecule has 0 spiro atoms. The first kappa shape index (κ1) is 18.2. The highest BCUT2D eigenvalue weighted by molar-refractivity contribution is 8.14. The van der Waals surface area contributed by atoms with Gasteiger partial charge < -0.3 is 0 Å². The predicted octanol–water partition coefficient (Wildman–Crippen LogP) is 2.50. The maximum Gasteiger partial charge on any atom is 0.235 e. The van der Waals surface area contributed by atoms with Gasteiger partial charge in [0.05, 0.1) is 10.5 Å². The van der Waals surface area contributed by atoms with Crippen LogP contribution in [0.1, 0.15) is 64.2 Å². The Hall–Kier alpha value is 0.150. The number of primary sulfonamides is 1. The van der Waals surface area contributed by atoms with Crippen LogP contribution in [0.4, 0.5) is 0 Å². The summed E-state index contributed by atoms with van der Waals surface area (Å²) in [6, 6.07) is 0. The second kappa shape index (κ2) is 7.96. The van der Waals surface area contributed by atoms with Crippen LogP contribution in [0.5, 0.6) is 0 Å². The van der Waals surface area contributed by atoms with Gasteiger partial charge in [0, 0.05) is 10.7 Å².